The van der Waals surface area contributed by atoms with E-state index in [1.165, 1.54) is 12.1 Å². The Morgan fingerprint density at radius 1 is 1.56 bits per heavy atom. The predicted molar refractivity (Wildman–Crippen MR) is 64.2 cm³/mol. The summed E-state index contributed by atoms with van der Waals surface area (Å²) in [6.07, 6.45) is 4.72. The Morgan fingerprint density at radius 3 is 2.94 bits per heavy atom. The van der Waals surface area contributed by atoms with E-state index in [4.69, 9.17) is 5.11 Å². The second-order valence-electron chi connectivity index (χ2n) is 4.27. The number of carbonyl (C=O) groups is 2. The largest absolute Gasteiger partial charge is 0.476 e. The van der Waals surface area contributed by atoms with Gasteiger partial charge in [0, 0.05) is 19.3 Å². The molecule has 1 amide bonds. The lowest BCUT2D eigenvalue weighted by Crippen LogP contribution is -2.40. The van der Waals surface area contributed by atoms with Crippen LogP contribution in [0.2, 0.25) is 0 Å². The summed E-state index contributed by atoms with van der Waals surface area (Å²) in [6.45, 7) is 4.73. The molecule has 2 heterocycles. The van der Waals surface area contributed by atoms with E-state index >= 15 is 0 Å². The Hall–Kier alpha value is -2.11. The third kappa shape index (κ3) is 2.42. The number of amides is 1. The number of nitrogens with zero attached hydrogens (tertiary/aromatic N) is 3. The van der Waals surface area contributed by atoms with Crippen LogP contribution in [0.4, 0.5) is 0 Å². The normalized spacial score (nSPS) is 19.6. The van der Waals surface area contributed by atoms with Crippen LogP contribution in [-0.2, 0) is 4.79 Å². The van der Waals surface area contributed by atoms with Crippen molar-refractivity contribution in [1.82, 2.24) is 14.7 Å². The molecule has 0 saturated carbocycles. The lowest BCUT2D eigenvalue weighted by atomic mass is 10.1. The zero-order chi connectivity index (χ0) is 13.1. The fraction of sp³-hybridized carbons (Fsp3) is 0.417. The standard InChI is InChI=1S/C12H15N3O3/c1-2-11(16)14-6-3-4-9(8-14)15-7-5-10(13-15)12(17)18/h2,5,7,9H,1,3-4,6,8H2,(H,17,18). The van der Waals surface area contributed by atoms with Crippen LogP contribution in [0, 0.1) is 0 Å². The Bertz CT molecular complexity index is 481. The molecule has 6 heteroatoms. The van der Waals surface area contributed by atoms with Crippen molar-refractivity contribution in [3.63, 3.8) is 0 Å². The SMILES string of the molecule is C=CC(=O)N1CCCC(n2ccc(C(=O)O)n2)C1. The Labute approximate surface area is 105 Å². The van der Waals surface area contributed by atoms with Gasteiger partial charge in [-0.3, -0.25) is 9.48 Å². The maximum atomic E-state index is 11.5. The van der Waals surface area contributed by atoms with Crippen molar-refractivity contribution < 1.29 is 14.7 Å². The molecule has 0 spiro atoms. The van der Waals surface area contributed by atoms with Crippen molar-refractivity contribution in [3.05, 3.63) is 30.6 Å². The minimum Gasteiger partial charge on any atom is -0.476 e. The number of aromatic carboxylic acids is 1. The Balaban J connectivity index is 2.10. The van der Waals surface area contributed by atoms with Crippen molar-refractivity contribution in [2.24, 2.45) is 0 Å². The van der Waals surface area contributed by atoms with Crippen LogP contribution in [0.25, 0.3) is 0 Å². The highest BCUT2D eigenvalue weighted by atomic mass is 16.4. The molecule has 1 aromatic rings. The summed E-state index contributed by atoms with van der Waals surface area (Å²) >= 11 is 0. The topological polar surface area (TPSA) is 75.4 Å². The van der Waals surface area contributed by atoms with E-state index in [1.807, 2.05) is 0 Å². The number of aromatic nitrogens is 2. The van der Waals surface area contributed by atoms with E-state index in [1.54, 1.807) is 15.8 Å². The minimum atomic E-state index is -1.04. The highest BCUT2D eigenvalue weighted by Gasteiger charge is 2.24. The number of piperidine rings is 1. The molecular formula is C12H15N3O3. The van der Waals surface area contributed by atoms with E-state index < -0.39 is 5.97 Å². The van der Waals surface area contributed by atoms with Gasteiger partial charge in [-0.15, -0.1) is 0 Å². The predicted octanol–water partition coefficient (Wildman–Crippen LogP) is 0.931. The van der Waals surface area contributed by atoms with Crippen LogP contribution >= 0.6 is 0 Å². The second kappa shape index (κ2) is 5.03. The van der Waals surface area contributed by atoms with Crippen molar-refractivity contribution in [1.29, 1.82) is 0 Å². The minimum absolute atomic E-state index is 0.0298. The number of hydrogen-bond acceptors (Lipinski definition) is 3. The van der Waals surface area contributed by atoms with Gasteiger partial charge in [-0.1, -0.05) is 6.58 Å². The molecule has 1 aliphatic rings. The molecule has 1 unspecified atom stereocenters. The lowest BCUT2D eigenvalue weighted by molar-refractivity contribution is -0.127. The average molecular weight is 249 g/mol. The van der Waals surface area contributed by atoms with Gasteiger partial charge in [-0.2, -0.15) is 5.10 Å². The molecule has 0 aromatic carbocycles. The molecule has 0 bridgehead atoms. The fourth-order valence-electron chi connectivity index (χ4n) is 2.16. The zero-order valence-corrected chi connectivity index (χ0v) is 9.95. The fourth-order valence-corrected chi connectivity index (χ4v) is 2.16. The van der Waals surface area contributed by atoms with E-state index in [0.717, 1.165) is 12.8 Å². The van der Waals surface area contributed by atoms with Crippen LogP contribution in [0.15, 0.2) is 24.9 Å². The lowest BCUT2D eigenvalue weighted by Gasteiger charge is -2.32. The summed E-state index contributed by atoms with van der Waals surface area (Å²) in [4.78, 5) is 24.0. The summed E-state index contributed by atoms with van der Waals surface area (Å²) < 4.78 is 1.63. The first-order valence-corrected chi connectivity index (χ1v) is 5.81. The third-order valence-electron chi connectivity index (χ3n) is 3.08. The van der Waals surface area contributed by atoms with E-state index in [9.17, 15) is 9.59 Å². The number of hydrogen-bond donors (Lipinski definition) is 1. The van der Waals surface area contributed by atoms with Crippen LogP contribution < -0.4 is 0 Å². The summed E-state index contributed by atoms with van der Waals surface area (Å²) in [5.41, 5.74) is 0.0298. The average Bonchev–Trinajstić information content (AvgIpc) is 2.88. The quantitative estimate of drug-likeness (QED) is 0.808. The van der Waals surface area contributed by atoms with Gasteiger partial charge in [0.1, 0.15) is 0 Å². The van der Waals surface area contributed by atoms with Crippen LogP contribution in [0.3, 0.4) is 0 Å². The van der Waals surface area contributed by atoms with E-state index in [-0.39, 0.29) is 17.6 Å². The molecule has 1 aromatic heterocycles. The van der Waals surface area contributed by atoms with Crippen molar-refractivity contribution in [3.8, 4) is 0 Å². The molecule has 0 aliphatic carbocycles. The van der Waals surface area contributed by atoms with Gasteiger partial charge in [0.05, 0.1) is 6.04 Å². The third-order valence-corrected chi connectivity index (χ3v) is 3.08. The molecule has 1 N–H and O–H groups in total. The Kier molecular flexibility index (Phi) is 3.45. The Morgan fingerprint density at radius 2 is 2.33 bits per heavy atom. The van der Waals surface area contributed by atoms with Gasteiger partial charge in [0.2, 0.25) is 5.91 Å². The van der Waals surface area contributed by atoms with Gasteiger partial charge in [0.25, 0.3) is 0 Å². The van der Waals surface area contributed by atoms with Crippen molar-refractivity contribution in [2.75, 3.05) is 13.1 Å². The molecule has 18 heavy (non-hydrogen) atoms. The van der Waals surface area contributed by atoms with Gasteiger partial charge in [-0.05, 0) is 25.0 Å². The first-order valence-electron chi connectivity index (χ1n) is 5.81. The van der Waals surface area contributed by atoms with Crippen LogP contribution in [0.1, 0.15) is 29.4 Å². The molecule has 2 rings (SSSR count). The zero-order valence-electron chi connectivity index (χ0n) is 9.95. The highest BCUT2D eigenvalue weighted by Crippen LogP contribution is 2.21. The van der Waals surface area contributed by atoms with Crippen molar-refractivity contribution in [2.45, 2.75) is 18.9 Å². The maximum absolute atomic E-state index is 11.5. The molecule has 6 nitrogen and oxygen atoms in total. The van der Waals surface area contributed by atoms with Crippen LogP contribution in [-0.4, -0.2) is 44.8 Å². The van der Waals surface area contributed by atoms with E-state index in [2.05, 4.69) is 11.7 Å². The molecule has 1 aliphatic heterocycles. The molecule has 96 valence electrons. The van der Waals surface area contributed by atoms with Crippen LogP contribution in [0.5, 0.6) is 0 Å². The van der Waals surface area contributed by atoms with Gasteiger partial charge < -0.3 is 10.0 Å². The number of rotatable bonds is 3. The van der Waals surface area contributed by atoms with E-state index in [0.29, 0.717) is 13.1 Å². The van der Waals surface area contributed by atoms with Gasteiger partial charge >= 0.3 is 5.97 Å². The molecule has 1 atom stereocenters. The van der Waals surface area contributed by atoms with Crippen molar-refractivity contribution >= 4 is 11.9 Å². The second-order valence-corrected chi connectivity index (χ2v) is 4.27. The first-order chi connectivity index (χ1) is 8.61. The summed E-state index contributed by atoms with van der Waals surface area (Å²) in [5.74, 6) is -1.13. The first kappa shape index (κ1) is 12.3. The number of carboxylic acids is 1. The molecular weight excluding hydrogens is 234 g/mol. The monoisotopic (exact) mass is 249 g/mol. The number of carboxylic acid groups (broad SMARTS) is 1. The number of likely N-dealkylation sites (tertiary alicyclic amines) is 1. The molecule has 1 saturated heterocycles. The maximum Gasteiger partial charge on any atom is 0.356 e. The summed E-state index contributed by atoms with van der Waals surface area (Å²) in [5, 5.41) is 12.8. The van der Waals surface area contributed by atoms with Gasteiger partial charge in [-0.25, -0.2) is 4.79 Å². The highest BCUT2D eigenvalue weighted by molar-refractivity contribution is 5.87. The van der Waals surface area contributed by atoms with Gasteiger partial charge in [0.15, 0.2) is 5.69 Å². The summed E-state index contributed by atoms with van der Waals surface area (Å²) in [7, 11) is 0. The summed E-state index contributed by atoms with van der Waals surface area (Å²) in [6, 6.07) is 1.51. The molecule has 0 radical (unpaired) electrons. The number of carbonyl (C=O) groups excluding carboxylic acids is 1. The smallest absolute Gasteiger partial charge is 0.356 e. The molecule has 1 fully saturated rings.